The van der Waals surface area contributed by atoms with Crippen molar-refractivity contribution in [3.05, 3.63) is 59.0 Å². The number of furan rings is 1. The number of carbonyl (C=O) groups excluding carboxylic acids is 2. The molecule has 1 aromatic heterocycles. The van der Waals surface area contributed by atoms with Gasteiger partial charge in [0, 0.05) is 30.1 Å². The highest BCUT2D eigenvalue weighted by molar-refractivity contribution is 5.90. The number of nitrogens with two attached hydrogens (primary N) is 1. The average molecular weight is 369 g/mol. The molecule has 1 fully saturated rings. The second-order valence-electron chi connectivity index (χ2n) is 8.20. The van der Waals surface area contributed by atoms with Crippen molar-refractivity contribution < 1.29 is 14.0 Å². The van der Waals surface area contributed by atoms with E-state index in [2.05, 4.69) is 22.3 Å². The Bertz CT molecular complexity index is 821. The van der Waals surface area contributed by atoms with Gasteiger partial charge in [0.1, 0.15) is 5.76 Å². The highest BCUT2D eigenvalue weighted by Crippen LogP contribution is 2.30. The Kier molecular flexibility index (Phi) is 5.37. The van der Waals surface area contributed by atoms with Crippen molar-refractivity contribution in [1.82, 2.24) is 10.2 Å². The lowest BCUT2D eigenvalue weighted by atomic mass is 9.90. The summed E-state index contributed by atoms with van der Waals surface area (Å²) in [5.41, 5.74) is 7.23. The highest BCUT2D eigenvalue weighted by Gasteiger charge is 2.29. The Labute approximate surface area is 159 Å². The summed E-state index contributed by atoms with van der Waals surface area (Å²) in [5, 5.41) is 3.07. The molecule has 27 heavy (non-hydrogen) atoms. The Morgan fingerprint density at radius 1 is 1.30 bits per heavy atom. The van der Waals surface area contributed by atoms with E-state index >= 15 is 0 Å². The van der Waals surface area contributed by atoms with E-state index in [1.165, 1.54) is 5.56 Å². The molecule has 6 heteroatoms. The molecule has 1 saturated heterocycles. The van der Waals surface area contributed by atoms with Crippen LogP contribution in [-0.4, -0.2) is 35.8 Å². The lowest BCUT2D eigenvalue weighted by molar-refractivity contribution is -0.125. The quantitative estimate of drug-likeness (QED) is 0.846. The minimum Gasteiger partial charge on any atom is -0.455 e. The molecule has 0 spiro atoms. The molecule has 2 heterocycles. The summed E-state index contributed by atoms with van der Waals surface area (Å²) in [6.07, 6.45) is 0.785. The fourth-order valence-corrected chi connectivity index (χ4v) is 3.58. The molecule has 2 amide bonds. The summed E-state index contributed by atoms with van der Waals surface area (Å²) in [7, 11) is 0. The van der Waals surface area contributed by atoms with Gasteiger partial charge in [0.15, 0.2) is 5.76 Å². The second-order valence-corrected chi connectivity index (χ2v) is 8.20. The fraction of sp³-hybridized carbons (Fsp3) is 0.429. The van der Waals surface area contributed by atoms with Crippen LogP contribution in [0, 0.1) is 0 Å². The first-order valence-electron chi connectivity index (χ1n) is 9.21. The van der Waals surface area contributed by atoms with E-state index in [9.17, 15) is 9.59 Å². The fourth-order valence-electron chi connectivity index (χ4n) is 3.58. The van der Waals surface area contributed by atoms with Gasteiger partial charge in [0.25, 0.3) is 5.91 Å². The second kappa shape index (κ2) is 7.56. The lowest BCUT2D eigenvalue weighted by Gasteiger charge is -2.33. The van der Waals surface area contributed by atoms with Gasteiger partial charge in [-0.15, -0.1) is 0 Å². The number of hydrogen-bond donors (Lipinski definition) is 2. The van der Waals surface area contributed by atoms with E-state index in [-0.39, 0.29) is 23.1 Å². The van der Waals surface area contributed by atoms with Crippen LogP contribution >= 0.6 is 0 Å². The SMILES string of the molecule is CC(C)(C)c1oc(C(N)=O)cc1CN1CC(=O)N[C@@H](Cc2ccccc2)C1. The van der Waals surface area contributed by atoms with Gasteiger partial charge < -0.3 is 15.5 Å². The molecule has 144 valence electrons. The topological polar surface area (TPSA) is 88.6 Å². The van der Waals surface area contributed by atoms with Crippen molar-refractivity contribution in [2.45, 2.75) is 45.2 Å². The van der Waals surface area contributed by atoms with Crippen LogP contribution in [0.2, 0.25) is 0 Å². The van der Waals surface area contributed by atoms with Crippen LogP contribution in [0.25, 0.3) is 0 Å². The van der Waals surface area contributed by atoms with Crippen LogP contribution in [-0.2, 0) is 23.2 Å². The van der Waals surface area contributed by atoms with E-state index in [4.69, 9.17) is 10.2 Å². The zero-order valence-corrected chi connectivity index (χ0v) is 16.1. The number of piperazine rings is 1. The number of amides is 2. The number of nitrogens with zero attached hydrogens (tertiary/aromatic N) is 1. The summed E-state index contributed by atoms with van der Waals surface area (Å²) in [5.74, 6) is 0.335. The van der Waals surface area contributed by atoms with Crippen LogP contribution in [0.5, 0.6) is 0 Å². The number of carbonyl (C=O) groups is 2. The first kappa shape index (κ1) is 19.2. The molecule has 0 aliphatic carbocycles. The maximum absolute atomic E-state index is 12.2. The Morgan fingerprint density at radius 3 is 2.63 bits per heavy atom. The van der Waals surface area contributed by atoms with Crippen LogP contribution in [0.3, 0.4) is 0 Å². The Balaban J connectivity index is 1.76. The molecule has 0 radical (unpaired) electrons. The normalized spacial score (nSPS) is 18.3. The first-order valence-corrected chi connectivity index (χ1v) is 9.21. The van der Waals surface area contributed by atoms with Crippen LogP contribution in [0.4, 0.5) is 0 Å². The number of hydrogen-bond acceptors (Lipinski definition) is 4. The average Bonchev–Trinajstić information content (AvgIpc) is 2.99. The molecule has 1 atom stereocenters. The third-order valence-corrected chi connectivity index (χ3v) is 4.66. The monoisotopic (exact) mass is 369 g/mol. The maximum Gasteiger partial charge on any atom is 0.284 e. The molecule has 0 bridgehead atoms. The third kappa shape index (κ3) is 4.77. The number of primary amides is 1. The molecular weight excluding hydrogens is 342 g/mol. The van der Waals surface area contributed by atoms with Gasteiger partial charge in [-0.25, -0.2) is 0 Å². The third-order valence-electron chi connectivity index (χ3n) is 4.66. The van der Waals surface area contributed by atoms with Crippen molar-refractivity contribution in [2.75, 3.05) is 13.1 Å². The van der Waals surface area contributed by atoms with E-state index in [1.807, 2.05) is 39.0 Å². The van der Waals surface area contributed by atoms with Crippen LogP contribution < -0.4 is 11.1 Å². The zero-order chi connectivity index (χ0) is 19.6. The number of benzene rings is 1. The molecule has 3 N–H and O–H groups in total. The van der Waals surface area contributed by atoms with Gasteiger partial charge >= 0.3 is 0 Å². The Hall–Kier alpha value is -2.60. The number of nitrogens with one attached hydrogen (secondary N) is 1. The number of rotatable bonds is 5. The van der Waals surface area contributed by atoms with Crippen molar-refractivity contribution in [3.63, 3.8) is 0 Å². The van der Waals surface area contributed by atoms with Crippen molar-refractivity contribution in [3.8, 4) is 0 Å². The smallest absolute Gasteiger partial charge is 0.284 e. The Morgan fingerprint density at radius 2 is 2.00 bits per heavy atom. The molecule has 2 aromatic rings. The summed E-state index contributed by atoms with van der Waals surface area (Å²) in [6, 6.07) is 11.9. The highest BCUT2D eigenvalue weighted by atomic mass is 16.4. The van der Waals surface area contributed by atoms with E-state index in [1.54, 1.807) is 6.07 Å². The summed E-state index contributed by atoms with van der Waals surface area (Å²) >= 11 is 0. The molecule has 1 aromatic carbocycles. The van der Waals surface area contributed by atoms with Gasteiger partial charge in [0.2, 0.25) is 5.91 Å². The summed E-state index contributed by atoms with van der Waals surface area (Å²) < 4.78 is 5.73. The molecule has 0 unspecified atom stereocenters. The standard InChI is InChI=1S/C21H27N3O3/c1-21(2,3)19-15(10-17(27-19)20(22)26)11-24-12-16(23-18(25)13-24)9-14-7-5-4-6-8-14/h4-8,10,16H,9,11-13H2,1-3H3,(H2,22,26)(H,23,25)/t16-/m0/s1. The molecular formula is C21H27N3O3. The first-order chi connectivity index (χ1) is 12.7. The molecule has 1 aliphatic rings. The largest absolute Gasteiger partial charge is 0.455 e. The van der Waals surface area contributed by atoms with Gasteiger partial charge in [-0.05, 0) is 18.1 Å². The summed E-state index contributed by atoms with van der Waals surface area (Å²) in [6.45, 7) is 7.69. The minimum absolute atomic E-state index is 0.0121. The zero-order valence-electron chi connectivity index (χ0n) is 16.1. The molecule has 3 rings (SSSR count). The van der Waals surface area contributed by atoms with Gasteiger partial charge in [-0.3, -0.25) is 14.5 Å². The van der Waals surface area contributed by atoms with E-state index in [0.717, 1.165) is 24.3 Å². The van der Waals surface area contributed by atoms with Crippen LogP contribution in [0.15, 0.2) is 40.8 Å². The van der Waals surface area contributed by atoms with Crippen molar-refractivity contribution in [2.24, 2.45) is 5.73 Å². The van der Waals surface area contributed by atoms with Crippen molar-refractivity contribution >= 4 is 11.8 Å². The van der Waals surface area contributed by atoms with Gasteiger partial charge in [0.05, 0.1) is 6.54 Å². The molecule has 0 saturated carbocycles. The summed E-state index contributed by atoms with van der Waals surface area (Å²) in [4.78, 5) is 25.8. The van der Waals surface area contributed by atoms with E-state index < -0.39 is 5.91 Å². The molecule has 1 aliphatic heterocycles. The van der Waals surface area contributed by atoms with Crippen molar-refractivity contribution in [1.29, 1.82) is 0 Å². The maximum atomic E-state index is 12.2. The predicted molar refractivity (Wildman–Crippen MR) is 103 cm³/mol. The minimum atomic E-state index is -0.579. The predicted octanol–water partition coefficient (Wildman–Crippen LogP) is 2.22. The lowest BCUT2D eigenvalue weighted by Crippen LogP contribution is -2.54. The van der Waals surface area contributed by atoms with Gasteiger partial charge in [-0.2, -0.15) is 0 Å². The van der Waals surface area contributed by atoms with E-state index in [0.29, 0.717) is 13.1 Å². The van der Waals surface area contributed by atoms with Gasteiger partial charge in [-0.1, -0.05) is 51.1 Å². The molecule has 6 nitrogen and oxygen atoms in total. The van der Waals surface area contributed by atoms with Crippen LogP contribution in [0.1, 0.15) is 48.2 Å².